The number of nitrogens with zero attached hydrogens (tertiary/aromatic N) is 3. The highest BCUT2D eigenvalue weighted by Crippen LogP contribution is 2.34. The number of hydrogen-bond donors (Lipinski definition) is 2. The Morgan fingerprint density at radius 3 is 2.58 bits per heavy atom. The number of aromatic nitrogens is 3. The van der Waals surface area contributed by atoms with Crippen LogP contribution in [-0.2, 0) is 4.79 Å². The van der Waals surface area contributed by atoms with Gasteiger partial charge in [-0.2, -0.15) is 30.0 Å². The average Bonchev–Trinajstić information content (AvgIpc) is 3.06. The maximum Gasteiger partial charge on any atom is 0.410 e. The van der Waals surface area contributed by atoms with Crippen molar-refractivity contribution in [2.45, 2.75) is 31.1 Å². The lowest BCUT2D eigenvalue weighted by Gasteiger charge is -2.20. The summed E-state index contributed by atoms with van der Waals surface area (Å²) in [5.74, 6) is -0.511. The quantitative estimate of drug-likeness (QED) is 0.642. The van der Waals surface area contributed by atoms with E-state index in [-0.39, 0.29) is 18.6 Å². The van der Waals surface area contributed by atoms with Gasteiger partial charge in [-0.25, -0.2) is 0 Å². The van der Waals surface area contributed by atoms with Crippen molar-refractivity contribution in [2.24, 2.45) is 5.73 Å². The lowest BCUT2D eigenvalue weighted by molar-refractivity contribution is -0.170. The average molecular weight is 388 g/mol. The van der Waals surface area contributed by atoms with Crippen LogP contribution in [0.4, 0.5) is 13.2 Å². The Morgan fingerprint density at radius 1 is 1.23 bits per heavy atom. The molecule has 0 radical (unpaired) electrons. The van der Waals surface area contributed by atoms with Gasteiger partial charge in [0, 0.05) is 12.4 Å². The minimum Gasteiger partial charge on any atom is -0.480 e. The fourth-order valence-corrected chi connectivity index (χ4v) is 3.25. The Kier molecular flexibility index (Phi) is 7.04. The minimum absolute atomic E-state index is 0.167. The number of thioether (sulfide) groups is 1. The maximum atomic E-state index is 13.4. The summed E-state index contributed by atoms with van der Waals surface area (Å²) in [5.41, 5.74) is 6.24. The van der Waals surface area contributed by atoms with Gasteiger partial charge < -0.3 is 10.8 Å². The molecule has 2 aromatic rings. The van der Waals surface area contributed by atoms with E-state index in [9.17, 15) is 18.0 Å². The molecular formula is C16H19F3N4O2S. The van der Waals surface area contributed by atoms with Crippen LogP contribution in [0.1, 0.15) is 18.9 Å². The first kappa shape index (κ1) is 20.2. The van der Waals surface area contributed by atoms with Crippen LogP contribution in [0.25, 0.3) is 11.4 Å². The summed E-state index contributed by atoms with van der Waals surface area (Å²) >= 11 is 1.24. The van der Waals surface area contributed by atoms with E-state index in [1.54, 1.807) is 24.4 Å². The summed E-state index contributed by atoms with van der Waals surface area (Å²) in [6.45, 7) is 0. The molecule has 0 aliphatic carbocycles. The summed E-state index contributed by atoms with van der Waals surface area (Å²) in [6.07, 6.45) is -1.55. The lowest BCUT2D eigenvalue weighted by atomic mass is 10.2. The fourth-order valence-electron chi connectivity index (χ4n) is 2.24. The van der Waals surface area contributed by atoms with Crippen LogP contribution >= 0.6 is 11.8 Å². The number of aliphatic carboxylic acids is 1. The van der Waals surface area contributed by atoms with Gasteiger partial charge >= 0.3 is 12.1 Å². The van der Waals surface area contributed by atoms with Gasteiger partial charge in [0.1, 0.15) is 17.8 Å². The molecule has 2 unspecified atom stereocenters. The fraction of sp³-hybridized carbons (Fsp3) is 0.438. The molecule has 2 atom stereocenters. The zero-order valence-electron chi connectivity index (χ0n) is 13.8. The molecule has 3 N–H and O–H groups in total. The smallest absolute Gasteiger partial charge is 0.410 e. The van der Waals surface area contributed by atoms with Gasteiger partial charge in [0.25, 0.3) is 0 Å². The largest absolute Gasteiger partial charge is 0.480 e. The zero-order chi connectivity index (χ0) is 19.2. The van der Waals surface area contributed by atoms with Crippen LogP contribution < -0.4 is 5.73 Å². The first-order chi connectivity index (χ1) is 12.3. The van der Waals surface area contributed by atoms with Gasteiger partial charge in [-0.1, -0.05) is 6.07 Å². The molecule has 0 aliphatic heterocycles. The van der Waals surface area contributed by atoms with Crippen molar-refractivity contribution < 1.29 is 23.1 Å². The Labute approximate surface area is 152 Å². The highest BCUT2D eigenvalue weighted by Gasteiger charge is 2.41. The Hall–Kier alpha value is -2.07. The molecule has 0 bridgehead atoms. The number of nitrogens with two attached hydrogens (primary N) is 1. The van der Waals surface area contributed by atoms with Crippen LogP contribution in [0.15, 0.2) is 36.7 Å². The van der Waals surface area contributed by atoms with Gasteiger partial charge in [0.15, 0.2) is 0 Å². The highest BCUT2D eigenvalue weighted by molar-refractivity contribution is 7.99. The third-order valence-electron chi connectivity index (χ3n) is 3.66. The number of carbonyl (C=O) groups is 1. The molecule has 2 rings (SSSR count). The van der Waals surface area contributed by atoms with Crippen molar-refractivity contribution in [1.82, 2.24) is 14.8 Å². The molecule has 10 heteroatoms. The monoisotopic (exact) mass is 388 g/mol. The minimum atomic E-state index is -4.44. The van der Waals surface area contributed by atoms with E-state index in [4.69, 9.17) is 10.8 Å². The zero-order valence-corrected chi connectivity index (χ0v) is 14.6. The second kappa shape index (κ2) is 9.04. The number of alkyl halides is 3. The van der Waals surface area contributed by atoms with E-state index < -0.39 is 24.2 Å². The number of carboxylic acid groups (broad SMARTS) is 1. The van der Waals surface area contributed by atoms with Gasteiger partial charge in [0.05, 0.1) is 5.69 Å². The number of rotatable bonds is 9. The second-order valence-corrected chi connectivity index (χ2v) is 6.81. The van der Waals surface area contributed by atoms with Gasteiger partial charge in [-0.05, 0) is 42.5 Å². The summed E-state index contributed by atoms with van der Waals surface area (Å²) < 4.78 is 41.0. The van der Waals surface area contributed by atoms with Gasteiger partial charge in [0.2, 0.25) is 0 Å². The van der Waals surface area contributed by atoms with E-state index >= 15 is 0 Å². The van der Waals surface area contributed by atoms with Crippen LogP contribution in [0, 0.1) is 0 Å². The molecule has 0 aliphatic rings. The van der Waals surface area contributed by atoms with Crippen LogP contribution in [0.5, 0.6) is 0 Å². The molecule has 0 fully saturated rings. The summed E-state index contributed by atoms with van der Waals surface area (Å²) in [6, 6.07) is 3.89. The summed E-state index contributed by atoms with van der Waals surface area (Å²) in [7, 11) is 0. The molecule has 142 valence electrons. The Balaban J connectivity index is 1.96. The van der Waals surface area contributed by atoms with Gasteiger partial charge in [-0.3, -0.25) is 14.5 Å². The normalized spacial score (nSPS) is 14.2. The van der Waals surface area contributed by atoms with Crippen molar-refractivity contribution in [3.63, 3.8) is 0 Å². The van der Waals surface area contributed by atoms with Crippen LogP contribution in [-0.4, -0.2) is 49.6 Å². The molecule has 0 saturated carbocycles. The van der Waals surface area contributed by atoms with E-state index in [0.717, 1.165) is 4.68 Å². The highest BCUT2D eigenvalue weighted by atomic mass is 32.2. The van der Waals surface area contributed by atoms with E-state index in [1.807, 2.05) is 0 Å². The van der Waals surface area contributed by atoms with Gasteiger partial charge in [-0.15, -0.1) is 0 Å². The molecule has 2 aromatic heterocycles. The third-order valence-corrected chi connectivity index (χ3v) is 4.71. The number of pyridine rings is 1. The number of carboxylic acids is 1. The van der Waals surface area contributed by atoms with Crippen LogP contribution in [0.3, 0.4) is 0 Å². The standard InChI is InChI=1S/C16H19F3N4O2S/c17-16(18,19)14(6-10-26-9-5-11(20)15(24)25)23-8-4-13(22-23)12-3-1-2-7-21-12/h1-4,7-8,11,14H,5-6,9-10,20H2,(H,24,25). The molecule has 0 saturated heterocycles. The molecule has 6 nitrogen and oxygen atoms in total. The van der Waals surface area contributed by atoms with Crippen molar-refractivity contribution in [3.8, 4) is 11.4 Å². The summed E-state index contributed by atoms with van der Waals surface area (Å²) in [4.78, 5) is 14.7. The first-order valence-electron chi connectivity index (χ1n) is 7.88. The predicted molar refractivity (Wildman–Crippen MR) is 92.7 cm³/mol. The third kappa shape index (κ3) is 5.73. The maximum absolute atomic E-state index is 13.4. The van der Waals surface area contributed by atoms with E-state index in [0.29, 0.717) is 17.1 Å². The molecule has 26 heavy (non-hydrogen) atoms. The van der Waals surface area contributed by atoms with Crippen molar-refractivity contribution in [1.29, 1.82) is 0 Å². The molecule has 2 heterocycles. The lowest BCUT2D eigenvalue weighted by Crippen LogP contribution is -2.30. The van der Waals surface area contributed by atoms with Crippen molar-refractivity contribution in [3.05, 3.63) is 36.7 Å². The topological polar surface area (TPSA) is 94.0 Å². The second-order valence-electron chi connectivity index (χ2n) is 5.59. The van der Waals surface area contributed by atoms with Crippen molar-refractivity contribution >= 4 is 17.7 Å². The van der Waals surface area contributed by atoms with E-state index in [1.165, 1.54) is 24.0 Å². The van der Waals surface area contributed by atoms with Crippen LogP contribution in [0.2, 0.25) is 0 Å². The SMILES string of the molecule is NC(CCSCCC(n1ccc(-c2ccccn2)n1)C(F)(F)F)C(=O)O. The van der Waals surface area contributed by atoms with E-state index in [2.05, 4.69) is 10.1 Å². The van der Waals surface area contributed by atoms with Crippen molar-refractivity contribution in [2.75, 3.05) is 11.5 Å². The molecule has 0 amide bonds. The Bertz CT molecular complexity index is 709. The Morgan fingerprint density at radius 2 is 1.96 bits per heavy atom. The number of halogens is 3. The molecule has 0 spiro atoms. The molecular weight excluding hydrogens is 369 g/mol. The first-order valence-corrected chi connectivity index (χ1v) is 9.04. The predicted octanol–water partition coefficient (Wildman–Crippen LogP) is 2.97. The number of hydrogen-bond acceptors (Lipinski definition) is 5. The summed E-state index contributed by atoms with van der Waals surface area (Å²) in [5, 5.41) is 12.7. The molecule has 0 aromatic carbocycles.